The van der Waals surface area contributed by atoms with Crippen molar-refractivity contribution in [2.75, 3.05) is 0 Å². The monoisotopic (exact) mass is 438 g/mol. The third kappa shape index (κ3) is 6.89. The third-order valence-electron chi connectivity index (χ3n) is 6.86. The Hall–Kier alpha value is -1.70. The Kier molecular flexibility index (Phi) is 8.86. The zero-order chi connectivity index (χ0) is 23.3. The minimum atomic E-state index is -1.10. The minimum Gasteiger partial charge on any atom is -0.481 e. The van der Waals surface area contributed by atoms with Crippen LogP contribution in [0.3, 0.4) is 0 Å². The number of carboxylic acids is 1. The van der Waals surface area contributed by atoms with E-state index in [1.54, 1.807) is 0 Å². The molecule has 2 aliphatic carbocycles. The predicted octanol–water partition coefficient (Wildman–Crippen LogP) is 2.83. The fourth-order valence-electron chi connectivity index (χ4n) is 4.53. The van der Waals surface area contributed by atoms with Crippen LogP contribution in [-0.4, -0.2) is 56.8 Å². The highest BCUT2D eigenvalue weighted by molar-refractivity contribution is 5.76. The second-order valence-electron chi connectivity index (χ2n) is 9.78. The Balaban J connectivity index is 2.12. The number of ether oxygens (including phenoxy) is 1. The lowest BCUT2D eigenvalue weighted by Gasteiger charge is -2.43. The Morgan fingerprint density at radius 1 is 1.26 bits per heavy atom. The fourth-order valence-corrected chi connectivity index (χ4v) is 4.53. The van der Waals surface area contributed by atoms with Crippen molar-refractivity contribution in [3.8, 4) is 0 Å². The van der Waals surface area contributed by atoms with Crippen molar-refractivity contribution in [2.45, 2.75) is 90.6 Å². The van der Waals surface area contributed by atoms with E-state index in [2.05, 4.69) is 13.0 Å². The second-order valence-corrected chi connectivity index (χ2v) is 9.78. The number of esters is 1. The van der Waals surface area contributed by atoms with Crippen LogP contribution in [0.25, 0.3) is 0 Å². The van der Waals surface area contributed by atoms with Crippen LogP contribution in [-0.2, 0) is 14.3 Å². The molecule has 0 unspecified atom stereocenters. The molecule has 7 atom stereocenters. The second kappa shape index (κ2) is 10.7. The number of allylic oxidation sites excluding steroid dienone is 2. The van der Waals surface area contributed by atoms with Crippen molar-refractivity contribution >= 4 is 11.9 Å². The smallest absolute Gasteiger partial charge is 0.311 e. The molecular formula is C24H38O7. The molecule has 7 nitrogen and oxygen atoms in total. The van der Waals surface area contributed by atoms with Gasteiger partial charge >= 0.3 is 11.9 Å². The quantitative estimate of drug-likeness (QED) is 0.387. The molecule has 4 N–H and O–H groups in total. The molecule has 0 heterocycles. The van der Waals surface area contributed by atoms with Crippen LogP contribution in [0.5, 0.6) is 0 Å². The van der Waals surface area contributed by atoms with Crippen LogP contribution < -0.4 is 0 Å². The lowest BCUT2D eigenvalue weighted by molar-refractivity contribution is -0.165. The van der Waals surface area contributed by atoms with Gasteiger partial charge in [0.1, 0.15) is 6.10 Å². The molecule has 0 amide bonds. The summed E-state index contributed by atoms with van der Waals surface area (Å²) in [6.07, 6.45) is 4.54. The van der Waals surface area contributed by atoms with Crippen LogP contribution in [0.1, 0.15) is 66.2 Å². The summed E-state index contributed by atoms with van der Waals surface area (Å²) < 4.78 is 5.94. The van der Waals surface area contributed by atoms with Gasteiger partial charge in [-0.1, -0.05) is 32.1 Å². The van der Waals surface area contributed by atoms with E-state index >= 15 is 0 Å². The highest BCUT2D eigenvalue weighted by Gasteiger charge is 2.43. The molecule has 0 aromatic carbocycles. The number of aliphatic hydroxyl groups excluding tert-OH is 3. The summed E-state index contributed by atoms with van der Waals surface area (Å²) in [5.74, 6) is -1.16. The Morgan fingerprint density at radius 2 is 1.94 bits per heavy atom. The summed E-state index contributed by atoms with van der Waals surface area (Å²) in [6.45, 7) is 7.73. The first-order chi connectivity index (χ1) is 14.4. The Bertz CT molecular complexity index is 696. The molecule has 31 heavy (non-hydrogen) atoms. The molecule has 0 aliphatic heterocycles. The van der Waals surface area contributed by atoms with E-state index in [1.165, 1.54) is 0 Å². The van der Waals surface area contributed by atoms with Gasteiger partial charge in [-0.15, -0.1) is 0 Å². The van der Waals surface area contributed by atoms with Gasteiger partial charge in [0, 0.05) is 12.3 Å². The van der Waals surface area contributed by atoms with Crippen molar-refractivity contribution in [3.05, 3.63) is 23.8 Å². The van der Waals surface area contributed by atoms with Crippen LogP contribution in [0, 0.1) is 23.2 Å². The van der Waals surface area contributed by atoms with Gasteiger partial charge in [-0.3, -0.25) is 9.59 Å². The normalized spacial score (nSPS) is 30.2. The topological polar surface area (TPSA) is 124 Å². The zero-order valence-corrected chi connectivity index (χ0v) is 19.0. The van der Waals surface area contributed by atoms with E-state index in [4.69, 9.17) is 9.84 Å². The third-order valence-corrected chi connectivity index (χ3v) is 6.86. The lowest BCUT2D eigenvalue weighted by Crippen LogP contribution is -2.44. The van der Waals surface area contributed by atoms with Crippen molar-refractivity contribution in [1.82, 2.24) is 0 Å². The summed E-state index contributed by atoms with van der Waals surface area (Å²) >= 11 is 0. The number of aliphatic carboxylic acids is 1. The largest absolute Gasteiger partial charge is 0.481 e. The van der Waals surface area contributed by atoms with Gasteiger partial charge in [-0.2, -0.15) is 0 Å². The van der Waals surface area contributed by atoms with Gasteiger partial charge in [0.2, 0.25) is 0 Å². The predicted molar refractivity (Wildman–Crippen MR) is 116 cm³/mol. The number of carbonyl (C=O) groups excluding carboxylic acids is 1. The van der Waals surface area contributed by atoms with E-state index < -0.39 is 42.2 Å². The molecule has 0 saturated heterocycles. The molecule has 2 rings (SSSR count). The summed E-state index contributed by atoms with van der Waals surface area (Å²) in [7, 11) is 0. The van der Waals surface area contributed by atoms with Crippen molar-refractivity contribution in [3.63, 3.8) is 0 Å². The average Bonchev–Trinajstić information content (AvgIpc) is 2.66. The Labute approximate surface area is 184 Å². The molecule has 0 bridgehead atoms. The summed E-state index contributed by atoms with van der Waals surface area (Å²) in [5.41, 5.74) is 0.350. The molecule has 0 fully saturated rings. The first-order valence-electron chi connectivity index (χ1n) is 11.3. The molecule has 0 aromatic rings. The van der Waals surface area contributed by atoms with Crippen molar-refractivity contribution in [1.29, 1.82) is 0 Å². The lowest BCUT2D eigenvalue weighted by atomic mass is 9.66. The maximum Gasteiger partial charge on any atom is 0.311 e. The van der Waals surface area contributed by atoms with E-state index in [0.29, 0.717) is 25.7 Å². The molecule has 2 aliphatic rings. The van der Waals surface area contributed by atoms with Gasteiger partial charge in [-0.05, 0) is 56.9 Å². The maximum absolute atomic E-state index is 12.8. The molecule has 0 radical (unpaired) electrons. The molecule has 176 valence electrons. The van der Waals surface area contributed by atoms with Gasteiger partial charge < -0.3 is 25.2 Å². The van der Waals surface area contributed by atoms with Crippen LogP contribution >= 0.6 is 0 Å². The molecule has 0 saturated carbocycles. The number of hydrogen-bond acceptors (Lipinski definition) is 6. The summed E-state index contributed by atoms with van der Waals surface area (Å²) in [6, 6.07) is 0. The van der Waals surface area contributed by atoms with Gasteiger partial charge in [0.25, 0.3) is 0 Å². The molecule has 7 heteroatoms. The van der Waals surface area contributed by atoms with Crippen LogP contribution in [0.15, 0.2) is 23.8 Å². The number of carboxylic acid groups (broad SMARTS) is 1. The highest BCUT2D eigenvalue weighted by Crippen LogP contribution is 2.44. The van der Waals surface area contributed by atoms with Crippen molar-refractivity contribution in [2.24, 2.45) is 23.2 Å². The summed E-state index contributed by atoms with van der Waals surface area (Å²) in [4.78, 5) is 23.5. The number of rotatable bonds is 10. The minimum absolute atomic E-state index is 0.0123. The van der Waals surface area contributed by atoms with Gasteiger partial charge in [0.05, 0.1) is 30.1 Å². The SMILES string of the molecule is CCC(C)(C)C(=O)O[C@H]1C[C@H](O)C=C2C=C[C@H](C)[C@H](CC[C@@H](O)C[C@@H](O)CC(=O)O)[C@H]21. The summed E-state index contributed by atoms with van der Waals surface area (Å²) in [5, 5.41) is 39.2. The molecular weight excluding hydrogens is 400 g/mol. The average molecular weight is 439 g/mol. The number of hydrogen-bond donors (Lipinski definition) is 4. The van der Waals surface area contributed by atoms with E-state index in [9.17, 15) is 24.9 Å². The number of fused-ring (bicyclic) bond motifs is 1. The van der Waals surface area contributed by atoms with Crippen molar-refractivity contribution < 1.29 is 34.8 Å². The molecule has 0 aromatic heterocycles. The van der Waals surface area contributed by atoms with Crippen LogP contribution in [0.2, 0.25) is 0 Å². The fraction of sp³-hybridized carbons (Fsp3) is 0.750. The first kappa shape index (κ1) is 25.6. The van der Waals surface area contributed by atoms with E-state index in [-0.39, 0.29) is 30.1 Å². The van der Waals surface area contributed by atoms with E-state index in [0.717, 1.165) is 5.57 Å². The first-order valence-corrected chi connectivity index (χ1v) is 11.3. The van der Waals surface area contributed by atoms with Crippen LogP contribution in [0.4, 0.5) is 0 Å². The van der Waals surface area contributed by atoms with Gasteiger partial charge in [-0.25, -0.2) is 0 Å². The standard InChI is InChI=1S/C24H38O7/c1-5-24(3,4)23(30)31-20-12-17(26)10-15-7-6-14(2)19(22(15)20)9-8-16(25)11-18(27)13-21(28)29/h6-7,10,14,16-20,22,25-27H,5,8-9,11-13H2,1-4H3,(H,28,29)/t14-,16+,17+,18+,19-,20-,22-/m0/s1. The Morgan fingerprint density at radius 3 is 2.55 bits per heavy atom. The maximum atomic E-state index is 12.8. The number of carbonyl (C=O) groups is 2. The van der Waals surface area contributed by atoms with Gasteiger partial charge in [0.15, 0.2) is 0 Å². The highest BCUT2D eigenvalue weighted by atomic mass is 16.5. The zero-order valence-electron chi connectivity index (χ0n) is 19.0. The molecule has 0 spiro atoms. The van der Waals surface area contributed by atoms with E-state index in [1.807, 2.05) is 32.9 Å². The number of aliphatic hydroxyl groups is 3.